The molecule has 3 N–H and O–H groups in total. The number of aromatic nitrogens is 2. The molecule has 0 aliphatic rings. The Labute approximate surface area is 116 Å². The number of hydrogen-bond acceptors (Lipinski definition) is 4. The van der Waals surface area contributed by atoms with E-state index < -0.39 is 0 Å². The first-order chi connectivity index (χ1) is 8.45. The molecule has 0 saturated heterocycles. The van der Waals surface area contributed by atoms with Gasteiger partial charge in [0, 0.05) is 6.54 Å². The van der Waals surface area contributed by atoms with E-state index in [1.165, 1.54) is 6.33 Å². The number of anilines is 1. The average molecular weight is 291 g/mol. The minimum atomic E-state index is -0.269. The van der Waals surface area contributed by atoms with Crippen LogP contribution in [0.3, 0.4) is 0 Å². The summed E-state index contributed by atoms with van der Waals surface area (Å²) in [5.41, 5.74) is 5.59. The molecule has 5 nitrogen and oxygen atoms in total. The van der Waals surface area contributed by atoms with Crippen LogP contribution in [0.2, 0.25) is 10.2 Å². The molecule has 1 heterocycles. The number of carbonyl (C=O) groups is 1. The molecule has 0 saturated carbocycles. The number of carbonyl (C=O) groups excluding carboxylic acids is 1. The molecule has 0 fully saturated rings. The van der Waals surface area contributed by atoms with Crippen molar-refractivity contribution < 1.29 is 4.79 Å². The average Bonchev–Trinajstić information content (AvgIpc) is 2.31. The molecule has 1 aromatic heterocycles. The number of nitrogens with one attached hydrogen (secondary N) is 1. The second-order valence-corrected chi connectivity index (χ2v) is 5.11. The zero-order valence-corrected chi connectivity index (χ0v) is 11.8. The lowest BCUT2D eigenvalue weighted by atomic mass is 9.96. The molecule has 1 atom stereocenters. The van der Waals surface area contributed by atoms with E-state index in [0.717, 1.165) is 0 Å². The van der Waals surface area contributed by atoms with Crippen molar-refractivity contribution in [3.8, 4) is 0 Å². The highest BCUT2D eigenvalue weighted by Gasteiger charge is 2.20. The van der Waals surface area contributed by atoms with E-state index in [1.807, 2.05) is 13.8 Å². The standard InChI is InChI=1S/C11H16Cl2N4O/c1-6(2)3-7(4-14)11(18)17-10-8(12)9(13)15-5-16-10/h5-7H,3-4,14H2,1-2H3,(H,15,16,17,18). The number of halogens is 2. The number of nitrogens with two attached hydrogens (primary N) is 1. The van der Waals surface area contributed by atoms with Crippen LogP contribution in [-0.4, -0.2) is 22.4 Å². The molecule has 7 heteroatoms. The number of rotatable bonds is 5. The Morgan fingerprint density at radius 2 is 2.11 bits per heavy atom. The van der Waals surface area contributed by atoms with Crippen molar-refractivity contribution in [3.63, 3.8) is 0 Å². The van der Waals surface area contributed by atoms with Crippen molar-refractivity contribution in [3.05, 3.63) is 16.5 Å². The Morgan fingerprint density at radius 1 is 1.44 bits per heavy atom. The maximum atomic E-state index is 12.0. The molecule has 0 aliphatic carbocycles. The van der Waals surface area contributed by atoms with Crippen LogP contribution >= 0.6 is 23.2 Å². The molecule has 0 aliphatic heterocycles. The van der Waals surface area contributed by atoms with Gasteiger partial charge >= 0.3 is 0 Å². The molecular weight excluding hydrogens is 275 g/mol. The molecule has 1 unspecified atom stereocenters. The van der Waals surface area contributed by atoms with Crippen molar-refractivity contribution in [2.45, 2.75) is 20.3 Å². The number of amides is 1. The molecule has 0 bridgehead atoms. The van der Waals surface area contributed by atoms with Gasteiger partial charge in [0.25, 0.3) is 0 Å². The van der Waals surface area contributed by atoms with Crippen molar-refractivity contribution in [1.29, 1.82) is 0 Å². The van der Waals surface area contributed by atoms with Crippen LogP contribution in [0.15, 0.2) is 6.33 Å². The summed E-state index contributed by atoms with van der Waals surface area (Å²) in [4.78, 5) is 19.6. The lowest BCUT2D eigenvalue weighted by Gasteiger charge is -2.16. The van der Waals surface area contributed by atoms with Crippen LogP contribution in [0.1, 0.15) is 20.3 Å². The topological polar surface area (TPSA) is 80.9 Å². The summed E-state index contributed by atoms with van der Waals surface area (Å²) in [6, 6.07) is 0. The predicted molar refractivity (Wildman–Crippen MR) is 72.7 cm³/mol. The Kier molecular flexibility index (Phi) is 5.78. The third kappa shape index (κ3) is 4.08. The highest BCUT2D eigenvalue weighted by Crippen LogP contribution is 2.26. The fourth-order valence-electron chi connectivity index (χ4n) is 1.53. The van der Waals surface area contributed by atoms with Gasteiger partial charge in [-0.25, -0.2) is 9.97 Å². The zero-order chi connectivity index (χ0) is 13.7. The van der Waals surface area contributed by atoms with Crippen LogP contribution < -0.4 is 11.1 Å². The molecule has 0 aromatic carbocycles. The molecule has 100 valence electrons. The highest BCUT2D eigenvalue weighted by atomic mass is 35.5. The fourth-order valence-corrected chi connectivity index (χ4v) is 1.81. The lowest BCUT2D eigenvalue weighted by molar-refractivity contribution is -0.120. The quantitative estimate of drug-likeness (QED) is 0.816. The van der Waals surface area contributed by atoms with Gasteiger partial charge in [0.05, 0.1) is 5.92 Å². The lowest BCUT2D eigenvalue weighted by Crippen LogP contribution is -2.30. The van der Waals surface area contributed by atoms with E-state index in [1.54, 1.807) is 0 Å². The third-order valence-electron chi connectivity index (χ3n) is 2.40. The minimum Gasteiger partial charge on any atom is -0.330 e. The number of hydrogen-bond donors (Lipinski definition) is 2. The van der Waals surface area contributed by atoms with E-state index in [2.05, 4.69) is 15.3 Å². The van der Waals surface area contributed by atoms with E-state index in [0.29, 0.717) is 12.3 Å². The van der Waals surface area contributed by atoms with Gasteiger partial charge < -0.3 is 11.1 Å². The van der Waals surface area contributed by atoms with Crippen LogP contribution in [-0.2, 0) is 4.79 Å². The maximum absolute atomic E-state index is 12.0. The normalized spacial score (nSPS) is 12.6. The van der Waals surface area contributed by atoms with Gasteiger partial charge in [0.2, 0.25) is 5.91 Å². The third-order valence-corrected chi connectivity index (χ3v) is 3.14. The van der Waals surface area contributed by atoms with Crippen LogP contribution in [0.25, 0.3) is 0 Å². The molecular formula is C11H16Cl2N4O. The van der Waals surface area contributed by atoms with E-state index in [4.69, 9.17) is 28.9 Å². The summed E-state index contributed by atoms with van der Waals surface area (Å²) in [6.45, 7) is 4.34. The van der Waals surface area contributed by atoms with Crippen LogP contribution in [0, 0.1) is 11.8 Å². The molecule has 0 radical (unpaired) electrons. The summed E-state index contributed by atoms with van der Waals surface area (Å²) >= 11 is 11.6. The van der Waals surface area contributed by atoms with Gasteiger partial charge in [-0.1, -0.05) is 37.0 Å². The van der Waals surface area contributed by atoms with E-state index in [9.17, 15) is 4.79 Å². The molecule has 0 spiro atoms. The smallest absolute Gasteiger partial charge is 0.229 e. The van der Waals surface area contributed by atoms with Crippen molar-refractivity contribution in [2.75, 3.05) is 11.9 Å². The second-order valence-electron chi connectivity index (χ2n) is 4.38. The SMILES string of the molecule is CC(C)CC(CN)C(=O)Nc1ncnc(Cl)c1Cl. The Bertz CT molecular complexity index is 426. The van der Waals surface area contributed by atoms with Crippen molar-refractivity contribution in [2.24, 2.45) is 17.6 Å². The summed E-state index contributed by atoms with van der Waals surface area (Å²) < 4.78 is 0. The van der Waals surface area contributed by atoms with Crippen molar-refractivity contribution >= 4 is 34.9 Å². The van der Waals surface area contributed by atoms with Gasteiger partial charge in [-0.15, -0.1) is 0 Å². The van der Waals surface area contributed by atoms with Crippen LogP contribution in [0.4, 0.5) is 5.82 Å². The number of nitrogens with zero attached hydrogens (tertiary/aromatic N) is 2. The second kappa shape index (κ2) is 6.87. The summed E-state index contributed by atoms with van der Waals surface area (Å²) in [6.07, 6.45) is 1.95. The van der Waals surface area contributed by atoms with Gasteiger partial charge in [-0.2, -0.15) is 0 Å². The van der Waals surface area contributed by atoms with Gasteiger partial charge in [0.1, 0.15) is 11.3 Å². The fraction of sp³-hybridized carbons (Fsp3) is 0.545. The van der Waals surface area contributed by atoms with Gasteiger partial charge in [0.15, 0.2) is 11.0 Å². The zero-order valence-electron chi connectivity index (χ0n) is 10.3. The Hall–Kier alpha value is -0.910. The maximum Gasteiger partial charge on any atom is 0.229 e. The molecule has 1 rings (SSSR count). The molecule has 1 aromatic rings. The summed E-state index contributed by atoms with van der Waals surface area (Å²) in [7, 11) is 0. The van der Waals surface area contributed by atoms with E-state index in [-0.39, 0.29) is 34.4 Å². The molecule has 1 amide bonds. The first-order valence-corrected chi connectivity index (χ1v) is 6.38. The summed E-state index contributed by atoms with van der Waals surface area (Å²) in [5.74, 6) is 0.121. The molecule has 18 heavy (non-hydrogen) atoms. The Morgan fingerprint density at radius 3 is 2.67 bits per heavy atom. The first-order valence-electron chi connectivity index (χ1n) is 5.62. The summed E-state index contributed by atoms with van der Waals surface area (Å²) in [5, 5.41) is 2.86. The van der Waals surface area contributed by atoms with Gasteiger partial charge in [-0.3, -0.25) is 4.79 Å². The highest BCUT2D eigenvalue weighted by molar-refractivity contribution is 6.42. The largest absolute Gasteiger partial charge is 0.330 e. The predicted octanol–water partition coefficient (Wildman–Crippen LogP) is 2.34. The Balaban J connectivity index is 2.77. The first kappa shape index (κ1) is 15.1. The van der Waals surface area contributed by atoms with Gasteiger partial charge in [-0.05, 0) is 12.3 Å². The van der Waals surface area contributed by atoms with Crippen LogP contribution in [0.5, 0.6) is 0 Å². The monoisotopic (exact) mass is 290 g/mol. The van der Waals surface area contributed by atoms with E-state index >= 15 is 0 Å². The minimum absolute atomic E-state index is 0.107. The van der Waals surface area contributed by atoms with Crippen molar-refractivity contribution in [1.82, 2.24) is 9.97 Å².